The largest absolute Gasteiger partial charge is 0.391 e. The fraction of sp³-hybridized carbons (Fsp3) is 1.00. The first-order valence-electron chi connectivity index (χ1n) is 3.27. The van der Waals surface area contributed by atoms with Crippen molar-refractivity contribution in [2.24, 2.45) is 0 Å². The molecule has 54 valence electrons. The second kappa shape index (κ2) is 2.25. The van der Waals surface area contributed by atoms with Crippen LogP contribution in [0, 0.1) is 0 Å². The van der Waals surface area contributed by atoms with Gasteiger partial charge in [-0.15, -0.1) is 0 Å². The van der Waals surface area contributed by atoms with Crippen molar-refractivity contribution >= 4 is 0 Å². The zero-order chi connectivity index (χ0) is 6.91. The average molecular weight is 132 g/mol. The summed E-state index contributed by atoms with van der Waals surface area (Å²) in [7, 11) is 0. The third-order valence-electron chi connectivity index (χ3n) is 1.82. The number of ether oxygens (including phenoxy) is 1. The van der Waals surface area contributed by atoms with E-state index >= 15 is 0 Å². The third-order valence-corrected chi connectivity index (χ3v) is 1.82. The number of aliphatic hydroxyl groups is 1. The van der Waals surface area contributed by atoms with Crippen LogP contribution in [0.3, 0.4) is 0 Å². The Labute approximate surface area is 54.8 Å². The highest BCUT2D eigenvalue weighted by atomic mass is 16.5. The van der Waals surface area contributed by atoms with Crippen LogP contribution in [-0.2, 0) is 4.74 Å². The van der Waals surface area contributed by atoms with E-state index in [9.17, 15) is 0 Å². The summed E-state index contributed by atoms with van der Waals surface area (Å²) in [5, 5.41) is 9.04. The summed E-state index contributed by atoms with van der Waals surface area (Å²) >= 11 is 0. The maximum Gasteiger partial charge on any atom is 0.117 e. The van der Waals surface area contributed by atoms with Crippen LogP contribution in [0.1, 0.15) is 13.3 Å². The predicted octanol–water partition coefficient (Wildman–Crippen LogP) is -1.23. The van der Waals surface area contributed by atoms with Crippen LogP contribution in [0.15, 0.2) is 0 Å². The molecule has 4 N–H and O–H groups in total. The fourth-order valence-electron chi connectivity index (χ4n) is 1.09. The highest BCUT2D eigenvalue weighted by Crippen LogP contribution is 2.22. The van der Waals surface area contributed by atoms with Crippen LogP contribution in [0.2, 0.25) is 0 Å². The molecule has 0 radical (unpaired) electrons. The predicted molar refractivity (Wildman–Crippen MR) is 32.7 cm³/mol. The van der Waals surface area contributed by atoms with E-state index in [1.54, 1.807) is 0 Å². The molecule has 0 spiro atoms. The van der Waals surface area contributed by atoms with Crippen molar-refractivity contribution in [2.75, 3.05) is 13.2 Å². The normalized spacial score (nSPS) is 43.7. The summed E-state index contributed by atoms with van der Waals surface area (Å²) in [6, 6.07) is 0. The maximum atomic E-state index is 9.04. The monoisotopic (exact) mass is 132 g/mol. The molecule has 0 saturated carbocycles. The third kappa shape index (κ3) is 1.41. The van der Waals surface area contributed by atoms with Crippen molar-refractivity contribution in [2.45, 2.75) is 25.0 Å². The summed E-state index contributed by atoms with van der Waals surface area (Å²) in [4.78, 5) is 0. The minimum atomic E-state index is -0.267. The van der Waals surface area contributed by atoms with E-state index in [0.717, 1.165) is 13.0 Å². The standard InChI is InChI=1S/C6H13NO2/c1-6(4-7)2-5(8)3-9-6/h5,8H,2-4,7H2,1H3/p+1. The van der Waals surface area contributed by atoms with Gasteiger partial charge in [-0.25, -0.2) is 0 Å². The molecule has 1 saturated heterocycles. The van der Waals surface area contributed by atoms with Crippen LogP contribution >= 0.6 is 0 Å². The number of rotatable bonds is 1. The SMILES string of the molecule is CC1(C[NH3+])CC(O)CO1. The molecule has 0 aromatic carbocycles. The second-order valence-corrected chi connectivity index (χ2v) is 2.87. The highest BCUT2D eigenvalue weighted by molar-refractivity contribution is 4.83. The average Bonchev–Trinajstić information content (AvgIpc) is 2.13. The van der Waals surface area contributed by atoms with Crippen LogP contribution in [-0.4, -0.2) is 30.0 Å². The van der Waals surface area contributed by atoms with Crippen LogP contribution < -0.4 is 5.73 Å². The van der Waals surface area contributed by atoms with Gasteiger partial charge in [-0.2, -0.15) is 0 Å². The molecule has 9 heavy (non-hydrogen) atoms. The Morgan fingerprint density at radius 1 is 1.89 bits per heavy atom. The molecule has 1 fully saturated rings. The lowest BCUT2D eigenvalue weighted by molar-refractivity contribution is -0.397. The van der Waals surface area contributed by atoms with Gasteiger partial charge < -0.3 is 15.6 Å². The smallest absolute Gasteiger partial charge is 0.117 e. The van der Waals surface area contributed by atoms with Crippen LogP contribution in [0.4, 0.5) is 0 Å². The summed E-state index contributed by atoms with van der Waals surface area (Å²) in [5.41, 5.74) is 3.58. The van der Waals surface area contributed by atoms with Gasteiger partial charge >= 0.3 is 0 Å². The fourth-order valence-corrected chi connectivity index (χ4v) is 1.09. The lowest BCUT2D eigenvalue weighted by Crippen LogP contribution is -2.60. The van der Waals surface area contributed by atoms with E-state index in [-0.39, 0.29) is 11.7 Å². The van der Waals surface area contributed by atoms with Gasteiger partial charge in [0.25, 0.3) is 0 Å². The Balaban J connectivity index is 2.45. The topological polar surface area (TPSA) is 57.1 Å². The Hall–Kier alpha value is -0.120. The van der Waals surface area contributed by atoms with Gasteiger partial charge in [0.05, 0.1) is 12.7 Å². The number of aliphatic hydroxyl groups excluding tert-OH is 1. The molecule has 1 aliphatic rings. The van der Waals surface area contributed by atoms with Crippen molar-refractivity contribution in [1.82, 2.24) is 0 Å². The molecule has 3 nitrogen and oxygen atoms in total. The number of hydrogen-bond donors (Lipinski definition) is 2. The van der Waals surface area contributed by atoms with E-state index in [1.807, 2.05) is 6.92 Å². The molecule has 1 heterocycles. The molecule has 0 bridgehead atoms. The van der Waals surface area contributed by atoms with E-state index in [4.69, 9.17) is 9.84 Å². The summed E-state index contributed by atoms with van der Waals surface area (Å²) in [6.07, 6.45) is 0.466. The molecule has 0 aromatic rings. The van der Waals surface area contributed by atoms with Gasteiger partial charge in [0.2, 0.25) is 0 Å². The van der Waals surface area contributed by atoms with E-state index in [2.05, 4.69) is 5.73 Å². The summed E-state index contributed by atoms with van der Waals surface area (Å²) in [5.74, 6) is 0. The molecular weight excluding hydrogens is 118 g/mol. The quantitative estimate of drug-likeness (QED) is 0.469. The zero-order valence-electron chi connectivity index (χ0n) is 5.76. The maximum absolute atomic E-state index is 9.04. The van der Waals surface area contributed by atoms with Crippen LogP contribution in [0.5, 0.6) is 0 Å². The van der Waals surface area contributed by atoms with Gasteiger partial charge in [-0.1, -0.05) is 0 Å². The van der Waals surface area contributed by atoms with E-state index in [1.165, 1.54) is 0 Å². The summed E-state index contributed by atoms with van der Waals surface area (Å²) in [6.45, 7) is 3.20. The molecule has 3 heteroatoms. The van der Waals surface area contributed by atoms with Gasteiger partial charge in [0.15, 0.2) is 0 Å². The Kier molecular flexibility index (Phi) is 1.75. The Morgan fingerprint density at radius 2 is 2.56 bits per heavy atom. The first-order valence-corrected chi connectivity index (χ1v) is 3.27. The van der Waals surface area contributed by atoms with Crippen molar-refractivity contribution < 1.29 is 15.6 Å². The Bertz CT molecular complexity index is 107. The van der Waals surface area contributed by atoms with E-state index < -0.39 is 0 Å². The number of hydrogen-bond acceptors (Lipinski definition) is 2. The zero-order valence-corrected chi connectivity index (χ0v) is 5.76. The number of quaternary nitrogens is 1. The molecule has 0 amide bonds. The molecule has 0 aliphatic carbocycles. The summed E-state index contributed by atoms with van der Waals surface area (Å²) < 4.78 is 5.29. The van der Waals surface area contributed by atoms with Crippen molar-refractivity contribution in [3.8, 4) is 0 Å². The van der Waals surface area contributed by atoms with Crippen molar-refractivity contribution in [1.29, 1.82) is 0 Å². The molecule has 0 aromatic heterocycles. The highest BCUT2D eigenvalue weighted by Gasteiger charge is 2.35. The molecular formula is C6H14NO2+. The molecule has 2 unspecified atom stereocenters. The van der Waals surface area contributed by atoms with Crippen molar-refractivity contribution in [3.63, 3.8) is 0 Å². The molecule has 2 atom stereocenters. The lowest BCUT2D eigenvalue weighted by atomic mass is 10.0. The minimum Gasteiger partial charge on any atom is -0.391 e. The second-order valence-electron chi connectivity index (χ2n) is 2.87. The Morgan fingerprint density at radius 3 is 2.78 bits per heavy atom. The van der Waals surface area contributed by atoms with Gasteiger partial charge in [0, 0.05) is 6.42 Å². The molecule has 1 rings (SSSR count). The van der Waals surface area contributed by atoms with Gasteiger partial charge in [0.1, 0.15) is 12.1 Å². The van der Waals surface area contributed by atoms with Crippen molar-refractivity contribution in [3.05, 3.63) is 0 Å². The minimum absolute atomic E-state index is 0.153. The van der Waals surface area contributed by atoms with Crippen LogP contribution in [0.25, 0.3) is 0 Å². The first kappa shape index (κ1) is 6.99. The van der Waals surface area contributed by atoms with E-state index in [0.29, 0.717) is 6.61 Å². The lowest BCUT2D eigenvalue weighted by Gasteiger charge is -2.16. The first-order chi connectivity index (χ1) is 4.16. The van der Waals surface area contributed by atoms with Gasteiger partial charge in [-0.3, -0.25) is 0 Å². The molecule has 1 aliphatic heterocycles. The van der Waals surface area contributed by atoms with Gasteiger partial charge in [-0.05, 0) is 6.92 Å².